The number of nitrogens with one attached hydrogen (secondary N) is 1. The van der Waals surface area contributed by atoms with Gasteiger partial charge in [-0.25, -0.2) is 4.98 Å². The molecule has 0 aliphatic carbocycles. The summed E-state index contributed by atoms with van der Waals surface area (Å²) in [4.78, 5) is 17.1. The number of imidazole rings is 1. The second-order valence-corrected chi connectivity index (χ2v) is 4.27. The number of ether oxygens (including phenoxy) is 1. The van der Waals surface area contributed by atoms with Crippen molar-refractivity contribution in [1.82, 2.24) is 9.97 Å². The fraction of sp³-hybridized carbons (Fsp3) is 0.0909. The molecular weight excluding hydrogens is 329 g/mol. The Morgan fingerprint density at radius 1 is 1.37 bits per heavy atom. The number of aromatic nitrogens is 2. The number of rotatable bonds is 3. The lowest BCUT2D eigenvalue weighted by Gasteiger charge is -2.09. The van der Waals surface area contributed by atoms with Gasteiger partial charge >= 0.3 is 6.36 Å². The number of carbonyl (C=O) groups excluding carboxylic acids is 1. The number of halogens is 4. The second-order valence-electron chi connectivity index (χ2n) is 3.48. The van der Waals surface area contributed by atoms with E-state index in [1.165, 1.54) is 18.2 Å². The second kappa shape index (κ2) is 5.04. The lowest BCUT2D eigenvalue weighted by Crippen LogP contribution is -2.17. The highest BCUT2D eigenvalue weighted by atomic mass is 79.9. The summed E-state index contributed by atoms with van der Waals surface area (Å²) in [5.41, 5.74) is 0.715. The maximum atomic E-state index is 12.1. The average Bonchev–Trinajstić information content (AvgIpc) is 2.69. The number of benzene rings is 1. The van der Waals surface area contributed by atoms with Gasteiger partial charge in [-0.1, -0.05) is 12.1 Å². The van der Waals surface area contributed by atoms with Crippen molar-refractivity contribution in [2.45, 2.75) is 6.36 Å². The fourth-order valence-corrected chi connectivity index (χ4v) is 1.98. The van der Waals surface area contributed by atoms with E-state index >= 15 is 0 Å². The summed E-state index contributed by atoms with van der Waals surface area (Å²) < 4.78 is 40.6. The zero-order chi connectivity index (χ0) is 14.0. The molecule has 4 nitrogen and oxygen atoms in total. The molecule has 1 N–H and O–H groups in total. The smallest absolute Gasteiger partial charge is 0.406 e. The van der Waals surface area contributed by atoms with Gasteiger partial charge in [0, 0.05) is 5.56 Å². The number of hydrogen-bond acceptors (Lipinski definition) is 3. The van der Waals surface area contributed by atoms with E-state index in [4.69, 9.17) is 0 Å². The summed E-state index contributed by atoms with van der Waals surface area (Å²) >= 11 is 3.14. The minimum atomic E-state index is -4.75. The molecule has 1 heterocycles. The van der Waals surface area contributed by atoms with Crippen LogP contribution in [0.3, 0.4) is 0 Å². The van der Waals surface area contributed by atoms with Crippen molar-refractivity contribution in [3.63, 3.8) is 0 Å². The number of alkyl halides is 3. The number of nitrogens with zero attached hydrogens (tertiary/aromatic N) is 1. The molecule has 0 unspecified atom stereocenters. The van der Waals surface area contributed by atoms with Gasteiger partial charge < -0.3 is 9.72 Å². The van der Waals surface area contributed by atoms with Crippen LogP contribution in [-0.4, -0.2) is 22.6 Å². The van der Waals surface area contributed by atoms with Gasteiger partial charge in [-0.15, -0.1) is 13.2 Å². The van der Waals surface area contributed by atoms with E-state index in [1.54, 1.807) is 6.07 Å². The van der Waals surface area contributed by atoms with Gasteiger partial charge in [0.25, 0.3) is 0 Å². The van der Waals surface area contributed by atoms with Crippen LogP contribution in [0.1, 0.15) is 10.6 Å². The molecule has 2 rings (SSSR count). The molecular formula is C11H6BrF3N2O2. The molecule has 0 aliphatic rings. The van der Waals surface area contributed by atoms with Crippen molar-refractivity contribution in [1.29, 1.82) is 0 Å². The number of aromatic amines is 1. The highest BCUT2D eigenvalue weighted by molar-refractivity contribution is 9.10. The number of hydrogen-bond donors (Lipinski definition) is 1. The van der Waals surface area contributed by atoms with Crippen LogP contribution in [0.15, 0.2) is 28.9 Å². The summed E-state index contributed by atoms with van der Waals surface area (Å²) in [5, 5.41) is 0. The first-order chi connectivity index (χ1) is 8.89. The third-order valence-electron chi connectivity index (χ3n) is 2.13. The highest BCUT2D eigenvalue weighted by Crippen LogP contribution is 2.30. The molecule has 0 aliphatic heterocycles. The first-order valence-electron chi connectivity index (χ1n) is 4.96. The molecule has 0 atom stereocenters. The van der Waals surface area contributed by atoms with E-state index in [1.807, 2.05) is 0 Å². The maximum absolute atomic E-state index is 12.1. The molecule has 19 heavy (non-hydrogen) atoms. The van der Waals surface area contributed by atoms with Crippen LogP contribution in [0.2, 0.25) is 0 Å². The quantitative estimate of drug-likeness (QED) is 0.873. The van der Waals surface area contributed by atoms with Crippen LogP contribution in [0.5, 0.6) is 5.75 Å². The van der Waals surface area contributed by atoms with Crippen molar-refractivity contribution >= 4 is 22.2 Å². The molecule has 0 saturated heterocycles. The van der Waals surface area contributed by atoms with Gasteiger partial charge in [0.1, 0.15) is 16.0 Å². The molecule has 0 saturated carbocycles. The van der Waals surface area contributed by atoms with E-state index < -0.39 is 6.36 Å². The largest absolute Gasteiger partial charge is 0.573 e. The molecule has 0 bridgehead atoms. The molecule has 0 spiro atoms. The first kappa shape index (κ1) is 13.6. The van der Waals surface area contributed by atoms with Gasteiger partial charge in [-0.3, -0.25) is 4.79 Å². The summed E-state index contributed by atoms with van der Waals surface area (Å²) in [7, 11) is 0. The van der Waals surface area contributed by atoms with Crippen molar-refractivity contribution in [3.8, 4) is 17.0 Å². The van der Waals surface area contributed by atoms with Crippen LogP contribution >= 0.6 is 15.9 Å². The van der Waals surface area contributed by atoms with Crippen molar-refractivity contribution in [2.75, 3.05) is 0 Å². The summed E-state index contributed by atoms with van der Waals surface area (Å²) in [6.07, 6.45) is -4.25. The molecule has 0 fully saturated rings. The third-order valence-corrected chi connectivity index (χ3v) is 2.70. The monoisotopic (exact) mass is 334 g/mol. The zero-order valence-electron chi connectivity index (χ0n) is 9.16. The molecule has 0 radical (unpaired) electrons. The predicted molar refractivity (Wildman–Crippen MR) is 63.8 cm³/mol. The number of aldehydes is 1. The van der Waals surface area contributed by atoms with E-state index in [0.29, 0.717) is 22.1 Å². The van der Waals surface area contributed by atoms with E-state index in [2.05, 4.69) is 30.6 Å². The highest BCUT2D eigenvalue weighted by Gasteiger charge is 2.31. The minimum absolute atomic E-state index is 0.0732. The van der Waals surface area contributed by atoms with E-state index in [9.17, 15) is 18.0 Å². The van der Waals surface area contributed by atoms with Crippen LogP contribution < -0.4 is 4.74 Å². The molecule has 100 valence electrons. The zero-order valence-corrected chi connectivity index (χ0v) is 10.7. The normalized spacial score (nSPS) is 11.4. The number of H-pyrrole nitrogens is 1. The number of carbonyl (C=O) groups is 1. The summed E-state index contributed by atoms with van der Waals surface area (Å²) in [6, 6.07) is 5.32. The van der Waals surface area contributed by atoms with Crippen LogP contribution in [0, 0.1) is 0 Å². The maximum Gasteiger partial charge on any atom is 0.573 e. The van der Waals surface area contributed by atoms with Crippen LogP contribution in [0.25, 0.3) is 11.3 Å². The van der Waals surface area contributed by atoms with Crippen molar-refractivity contribution in [2.24, 2.45) is 0 Å². The summed E-state index contributed by atoms with van der Waals surface area (Å²) in [5.74, 6) is -0.281. The predicted octanol–water partition coefficient (Wildman–Crippen LogP) is 3.55. The van der Waals surface area contributed by atoms with Gasteiger partial charge in [0.2, 0.25) is 0 Å². The van der Waals surface area contributed by atoms with Crippen LogP contribution in [-0.2, 0) is 0 Å². The molecule has 0 amide bonds. The topological polar surface area (TPSA) is 55.0 Å². The standard InChI is InChI=1S/C11H6BrF3N2O2/c12-10-9(16-8(5-18)17-10)6-2-1-3-7(4-6)19-11(13,14)15/h1-5H,(H,16,17). The lowest BCUT2D eigenvalue weighted by molar-refractivity contribution is -0.274. The Kier molecular flexibility index (Phi) is 3.61. The Bertz CT molecular complexity index is 610. The van der Waals surface area contributed by atoms with Crippen molar-refractivity contribution < 1.29 is 22.7 Å². The third kappa shape index (κ3) is 3.34. The average molecular weight is 335 g/mol. The Morgan fingerprint density at radius 2 is 2.11 bits per heavy atom. The lowest BCUT2D eigenvalue weighted by atomic mass is 10.1. The van der Waals surface area contributed by atoms with E-state index in [-0.39, 0.29) is 11.6 Å². The van der Waals surface area contributed by atoms with Gasteiger partial charge in [-0.2, -0.15) is 0 Å². The van der Waals surface area contributed by atoms with Crippen LogP contribution in [0.4, 0.5) is 13.2 Å². The molecule has 1 aromatic heterocycles. The Hall–Kier alpha value is -1.83. The van der Waals surface area contributed by atoms with Gasteiger partial charge in [0.05, 0.1) is 0 Å². The minimum Gasteiger partial charge on any atom is -0.406 e. The molecule has 2 aromatic rings. The fourth-order valence-electron chi connectivity index (χ4n) is 1.46. The Morgan fingerprint density at radius 3 is 2.68 bits per heavy atom. The first-order valence-corrected chi connectivity index (χ1v) is 5.75. The summed E-state index contributed by atoms with van der Waals surface area (Å²) in [6.45, 7) is 0. The Labute approximate surface area is 113 Å². The SMILES string of the molecule is O=Cc1nc(-c2cccc(OC(F)(F)F)c2)c(Br)[nH]1. The molecule has 8 heteroatoms. The Balaban J connectivity index is 2.37. The van der Waals surface area contributed by atoms with Crippen molar-refractivity contribution in [3.05, 3.63) is 34.7 Å². The van der Waals surface area contributed by atoms with Gasteiger partial charge in [-0.05, 0) is 28.1 Å². The van der Waals surface area contributed by atoms with E-state index in [0.717, 1.165) is 0 Å². The molecule has 1 aromatic carbocycles. The van der Waals surface area contributed by atoms with Gasteiger partial charge in [0.15, 0.2) is 12.1 Å².